The molecule has 0 unspecified atom stereocenters. The molecule has 0 radical (unpaired) electrons. The molecule has 1 aliphatic heterocycles. The standard InChI is InChI=1S/C24H23N5O3S/c1-13(2)29-22-16(12-25-29)15(23(30)28-24-27-17-4-3-5-21(17)33-24)11-18(26-22)14-6-7-19-20(10-14)32-9-8-31-19/h6-7,10-13H,3-5,8-9H2,1-2H3,(H,27,28,30). The number of benzene rings is 1. The maximum absolute atomic E-state index is 13.4. The number of pyridine rings is 1. The Balaban J connectivity index is 1.44. The Hall–Kier alpha value is -3.46. The Labute approximate surface area is 194 Å². The molecule has 1 N–H and O–H groups in total. The molecule has 168 valence electrons. The van der Waals surface area contributed by atoms with Gasteiger partial charge in [0, 0.05) is 16.5 Å². The van der Waals surface area contributed by atoms with Crippen molar-refractivity contribution in [2.45, 2.75) is 39.2 Å². The van der Waals surface area contributed by atoms with Gasteiger partial charge in [0.2, 0.25) is 0 Å². The number of hydrogen-bond acceptors (Lipinski definition) is 7. The van der Waals surface area contributed by atoms with Crippen molar-refractivity contribution in [1.82, 2.24) is 19.7 Å². The molecule has 0 spiro atoms. The lowest BCUT2D eigenvalue weighted by atomic mass is 10.1. The number of rotatable bonds is 4. The minimum absolute atomic E-state index is 0.100. The second-order valence-electron chi connectivity index (χ2n) is 8.53. The number of anilines is 1. The zero-order valence-corrected chi connectivity index (χ0v) is 19.2. The van der Waals surface area contributed by atoms with Gasteiger partial charge in [0.1, 0.15) is 13.2 Å². The number of nitrogens with one attached hydrogen (secondary N) is 1. The van der Waals surface area contributed by atoms with Crippen LogP contribution in [0.3, 0.4) is 0 Å². The van der Waals surface area contributed by atoms with Crippen LogP contribution in [0.25, 0.3) is 22.3 Å². The first kappa shape index (κ1) is 20.2. The monoisotopic (exact) mass is 461 g/mol. The molecule has 1 aliphatic carbocycles. The van der Waals surface area contributed by atoms with Gasteiger partial charge in [-0.15, -0.1) is 11.3 Å². The number of fused-ring (bicyclic) bond motifs is 3. The number of carbonyl (C=O) groups is 1. The van der Waals surface area contributed by atoms with Crippen molar-refractivity contribution in [3.05, 3.63) is 46.6 Å². The normalized spacial score (nSPS) is 14.6. The Morgan fingerprint density at radius 2 is 1.97 bits per heavy atom. The van der Waals surface area contributed by atoms with E-state index in [2.05, 4.69) is 15.4 Å². The molecule has 3 aromatic heterocycles. The molecule has 4 aromatic rings. The topological polar surface area (TPSA) is 91.2 Å². The molecule has 0 fully saturated rings. The van der Waals surface area contributed by atoms with Crippen molar-refractivity contribution in [2.75, 3.05) is 18.5 Å². The molecule has 0 atom stereocenters. The van der Waals surface area contributed by atoms with E-state index in [1.807, 2.05) is 42.8 Å². The highest BCUT2D eigenvalue weighted by molar-refractivity contribution is 7.16. The van der Waals surface area contributed by atoms with Gasteiger partial charge in [0.05, 0.1) is 28.5 Å². The molecule has 6 rings (SSSR count). The Kier molecular flexibility index (Phi) is 4.79. The fourth-order valence-electron chi connectivity index (χ4n) is 4.34. The molecule has 9 heteroatoms. The molecular formula is C24H23N5O3S. The van der Waals surface area contributed by atoms with Gasteiger partial charge in [-0.2, -0.15) is 5.10 Å². The summed E-state index contributed by atoms with van der Waals surface area (Å²) in [5, 5.41) is 8.87. The predicted octanol–water partition coefficient (Wildman–Crippen LogP) is 4.65. The van der Waals surface area contributed by atoms with Crippen molar-refractivity contribution < 1.29 is 14.3 Å². The lowest BCUT2D eigenvalue weighted by Crippen LogP contribution is -2.15. The molecule has 8 nitrogen and oxygen atoms in total. The first-order chi connectivity index (χ1) is 16.1. The van der Waals surface area contributed by atoms with Gasteiger partial charge < -0.3 is 9.47 Å². The molecular weight excluding hydrogens is 438 g/mol. The van der Waals surface area contributed by atoms with Gasteiger partial charge in [-0.1, -0.05) is 0 Å². The Morgan fingerprint density at radius 3 is 2.79 bits per heavy atom. The van der Waals surface area contributed by atoms with Crippen LogP contribution in [0.2, 0.25) is 0 Å². The van der Waals surface area contributed by atoms with E-state index in [0.717, 1.165) is 30.5 Å². The van der Waals surface area contributed by atoms with Gasteiger partial charge >= 0.3 is 0 Å². The van der Waals surface area contributed by atoms with Crippen molar-refractivity contribution in [3.8, 4) is 22.8 Å². The van der Waals surface area contributed by atoms with E-state index in [-0.39, 0.29) is 11.9 Å². The zero-order valence-electron chi connectivity index (χ0n) is 18.4. The molecule has 4 heterocycles. The molecule has 1 aromatic carbocycles. The smallest absolute Gasteiger partial charge is 0.258 e. The Bertz CT molecular complexity index is 1370. The average molecular weight is 462 g/mol. The van der Waals surface area contributed by atoms with Crippen LogP contribution in [0.15, 0.2) is 30.5 Å². The van der Waals surface area contributed by atoms with E-state index in [9.17, 15) is 4.79 Å². The van der Waals surface area contributed by atoms with Crippen LogP contribution in [0, 0.1) is 0 Å². The van der Waals surface area contributed by atoms with E-state index in [4.69, 9.17) is 14.5 Å². The van der Waals surface area contributed by atoms with Crippen LogP contribution in [-0.2, 0) is 12.8 Å². The van der Waals surface area contributed by atoms with Crippen molar-refractivity contribution in [2.24, 2.45) is 0 Å². The third-order valence-corrected chi connectivity index (χ3v) is 7.03. The van der Waals surface area contributed by atoms with E-state index >= 15 is 0 Å². The van der Waals surface area contributed by atoms with Crippen LogP contribution in [-0.4, -0.2) is 38.9 Å². The first-order valence-corrected chi connectivity index (χ1v) is 12.0. The fourth-order valence-corrected chi connectivity index (χ4v) is 5.39. The minimum Gasteiger partial charge on any atom is -0.486 e. The van der Waals surface area contributed by atoms with Gasteiger partial charge in [0.25, 0.3) is 5.91 Å². The third kappa shape index (κ3) is 3.52. The number of ether oxygens (including phenoxy) is 2. The maximum Gasteiger partial charge on any atom is 0.258 e. The summed E-state index contributed by atoms with van der Waals surface area (Å²) in [5.74, 6) is 1.19. The van der Waals surface area contributed by atoms with Crippen LogP contribution >= 0.6 is 11.3 Å². The summed E-state index contributed by atoms with van der Waals surface area (Å²) in [6, 6.07) is 7.64. The second-order valence-corrected chi connectivity index (χ2v) is 9.61. The number of aryl methyl sites for hydroxylation is 2. The highest BCUT2D eigenvalue weighted by Gasteiger charge is 2.22. The second kappa shape index (κ2) is 7.84. The molecule has 0 bridgehead atoms. The van der Waals surface area contributed by atoms with Crippen LogP contribution in [0.4, 0.5) is 5.13 Å². The Morgan fingerprint density at radius 1 is 1.12 bits per heavy atom. The van der Waals surface area contributed by atoms with Gasteiger partial charge in [-0.3, -0.25) is 10.1 Å². The average Bonchev–Trinajstić information content (AvgIpc) is 3.52. The van der Waals surface area contributed by atoms with Crippen LogP contribution in [0.5, 0.6) is 11.5 Å². The number of aromatic nitrogens is 4. The summed E-state index contributed by atoms with van der Waals surface area (Å²) in [4.78, 5) is 24.2. The highest BCUT2D eigenvalue weighted by atomic mass is 32.1. The molecule has 2 aliphatic rings. The van der Waals surface area contributed by atoms with Gasteiger partial charge in [-0.05, 0) is 57.4 Å². The van der Waals surface area contributed by atoms with Crippen molar-refractivity contribution in [1.29, 1.82) is 0 Å². The van der Waals surface area contributed by atoms with E-state index < -0.39 is 0 Å². The van der Waals surface area contributed by atoms with Gasteiger partial charge in [-0.25, -0.2) is 14.6 Å². The minimum atomic E-state index is -0.211. The molecule has 0 saturated carbocycles. The summed E-state index contributed by atoms with van der Waals surface area (Å²) in [7, 11) is 0. The van der Waals surface area contributed by atoms with Crippen LogP contribution in [0.1, 0.15) is 47.2 Å². The van der Waals surface area contributed by atoms with Crippen LogP contribution < -0.4 is 14.8 Å². The summed E-state index contributed by atoms with van der Waals surface area (Å²) < 4.78 is 13.2. The number of thiazole rings is 1. The SMILES string of the molecule is CC(C)n1ncc2c(C(=O)Nc3nc4c(s3)CCC4)cc(-c3ccc4c(c3)OCCO4)nc21. The largest absolute Gasteiger partial charge is 0.486 e. The number of hydrogen-bond donors (Lipinski definition) is 1. The first-order valence-electron chi connectivity index (χ1n) is 11.1. The van der Waals surface area contributed by atoms with Crippen molar-refractivity contribution >= 4 is 33.4 Å². The summed E-state index contributed by atoms with van der Waals surface area (Å²) in [5.41, 5.74) is 3.82. The van der Waals surface area contributed by atoms with Gasteiger partial charge in [0.15, 0.2) is 22.3 Å². The van der Waals surface area contributed by atoms with Crippen molar-refractivity contribution in [3.63, 3.8) is 0 Å². The fraction of sp³-hybridized carbons (Fsp3) is 0.333. The lowest BCUT2D eigenvalue weighted by molar-refractivity contribution is 0.102. The summed E-state index contributed by atoms with van der Waals surface area (Å²) in [6.45, 7) is 5.13. The maximum atomic E-state index is 13.4. The van der Waals surface area contributed by atoms with E-state index in [1.165, 1.54) is 4.88 Å². The zero-order chi connectivity index (χ0) is 22.5. The number of carbonyl (C=O) groups excluding carboxylic acids is 1. The lowest BCUT2D eigenvalue weighted by Gasteiger charge is -2.19. The summed E-state index contributed by atoms with van der Waals surface area (Å²) >= 11 is 1.57. The highest BCUT2D eigenvalue weighted by Crippen LogP contribution is 2.36. The number of nitrogens with zero attached hydrogens (tertiary/aromatic N) is 4. The molecule has 0 saturated heterocycles. The summed E-state index contributed by atoms with van der Waals surface area (Å²) in [6.07, 6.45) is 4.88. The third-order valence-electron chi connectivity index (χ3n) is 5.95. The predicted molar refractivity (Wildman–Crippen MR) is 126 cm³/mol. The quantitative estimate of drug-likeness (QED) is 0.476. The molecule has 33 heavy (non-hydrogen) atoms. The van der Waals surface area contributed by atoms with E-state index in [0.29, 0.717) is 52.1 Å². The number of amides is 1. The molecule has 1 amide bonds. The van der Waals surface area contributed by atoms with E-state index in [1.54, 1.807) is 17.5 Å².